The van der Waals surface area contributed by atoms with E-state index in [4.69, 9.17) is 0 Å². The minimum atomic E-state index is -0.0257. The molecule has 3 heterocycles. The quantitative estimate of drug-likeness (QED) is 0.799. The molecule has 1 aliphatic rings. The molecule has 7 heteroatoms. The van der Waals surface area contributed by atoms with Gasteiger partial charge in [0.25, 0.3) is 5.91 Å². The van der Waals surface area contributed by atoms with Gasteiger partial charge in [0.2, 0.25) is 0 Å². The second-order valence-corrected chi connectivity index (χ2v) is 5.61. The van der Waals surface area contributed by atoms with E-state index >= 15 is 0 Å². The lowest BCUT2D eigenvalue weighted by Crippen LogP contribution is -2.29. The maximum Gasteiger partial charge on any atom is 0.271 e. The monoisotopic (exact) mass is 308 g/mol. The first kappa shape index (κ1) is 13.7. The number of amides is 1. The number of aromatic amines is 1. The SMILES string of the molecule is O=C(c1cc(-c2ccccc2)n[nH]1)N1CCC(n2ccnn2)C1. The molecular weight excluding hydrogens is 292 g/mol. The Bertz CT molecular complexity index is 795. The number of benzene rings is 1. The summed E-state index contributed by atoms with van der Waals surface area (Å²) in [5, 5.41) is 14.9. The second-order valence-electron chi connectivity index (χ2n) is 5.61. The fraction of sp³-hybridized carbons (Fsp3) is 0.250. The van der Waals surface area contributed by atoms with Gasteiger partial charge < -0.3 is 4.90 Å². The molecule has 1 aliphatic heterocycles. The van der Waals surface area contributed by atoms with Crippen LogP contribution in [0.3, 0.4) is 0 Å². The van der Waals surface area contributed by atoms with Crippen molar-refractivity contribution in [2.45, 2.75) is 12.5 Å². The molecular formula is C16H16N6O. The maximum atomic E-state index is 12.6. The predicted octanol–water partition coefficient (Wildman–Crippen LogP) is 1.76. The van der Waals surface area contributed by atoms with Gasteiger partial charge in [-0.15, -0.1) is 5.10 Å². The lowest BCUT2D eigenvalue weighted by atomic mass is 10.1. The summed E-state index contributed by atoms with van der Waals surface area (Å²) < 4.78 is 1.82. The van der Waals surface area contributed by atoms with Gasteiger partial charge in [0, 0.05) is 24.8 Å². The third-order valence-corrected chi connectivity index (χ3v) is 4.14. The Morgan fingerprint density at radius 3 is 2.91 bits per heavy atom. The summed E-state index contributed by atoms with van der Waals surface area (Å²) >= 11 is 0. The molecule has 1 amide bonds. The van der Waals surface area contributed by atoms with Gasteiger partial charge in [-0.3, -0.25) is 9.89 Å². The molecule has 2 aromatic heterocycles. The van der Waals surface area contributed by atoms with Crippen molar-refractivity contribution in [1.82, 2.24) is 30.1 Å². The average molecular weight is 308 g/mol. The van der Waals surface area contributed by atoms with E-state index in [-0.39, 0.29) is 11.9 Å². The van der Waals surface area contributed by atoms with Gasteiger partial charge in [-0.25, -0.2) is 4.68 Å². The number of nitrogens with one attached hydrogen (secondary N) is 1. The molecule has 0 spiro atoms. The van der Waals surface area contributed by atoms with Crippen molar-refractivity contribution in [3.05, 3.63) is 54.5 Å². The molecule has 1 saturated heterocycles. The Morgan fingerprint density at radius 1 is 1.26 bits per heavy atom. The Labute approximate surface area is 132 Å². The molecule has 116 valence electrons. The molecule has 1 atom stereocenters. The first-order valence-electron chi connectivity index (χ1n) is 7.57. The molecule has 1 fully saturated rings. The number of nitrogens with zero attached hydrogens (tertiary/aromatic N) is 5. The highest BCUT2D eigenvalue weighted by Crippen LogP contribution is 2.23. The highest BCUT2D eigenvalue weighted by Gasteiger charge is 2.29. The van der Waals surface area contributed by atoms with Gasteiger partial charge in [0.05, 0.1) is 17.9 Å². The van der Waals surface area contributed by atoms with E-state index in [9.17, 15) is 4.79 Å². The fourth-order valence-electron chi connectivity index (χ4n) is 2.91. The molecule has 23 heavy (non-hydrogen) atoms. The topological polar surface area (TPSA) is 79.7 Å². The van der Waals surface area contributed by atoms with E-state index in [0.717, 1.165) is 17.7 Å². The van der Waals surface area contributed by atoms with E-state index in [1.54, 1.807) is 12.3 Å². The van der Waals surface area contributed by atoms with Gasteiger partial charge in [-0.05, 0) is 12.5 Å². The van der Waals surface area contributed by atoms with Crippen LogP contribution in [0.15, 0.2) is 48.8 Å². The molecule has 3 aromatic rings. The number of carbonyl (C=O) groups is 1. The second kappa shape index (κ2) is 5.68. The first-order chi connectivity index (χ1) is 11.3. The summed E-state index contributed by atoms with van der Waals surface area (Å²) in [6.07, 6.45) is 4.38. The summed E-state index contributed by atoms with van der Waals surface area (Å²) in [6.45, 7) is 1.35. The van der Waals surface area contributed by atoms with E-state index in [1.807, 2.05) is 46.1 Å². The fourth-order valence-corrected chi connectivity index (χ4v) is 2.91. The highest BCUT2D eigenvalue weighted by molar-refractivity contribution is 5.93. The van der Waals surface area contributed by atoms with Gasteiger partial charge in [-0.1, -0.05) is 35.5 Å². The van der Waals surface area contributed by atoms with Crippen LogP contribution in [0.5, 0.6) is 0 Å². The summed E-state index contributed by atoms with van der Waals surface area (Å²) in [7, 11) is 0. The zero-order valence-electron chi connectivity index (χ0n) is 12.5. The molecule has 1 N–H and O–H groups in total. The molecule has 0 bridgehead atoms. The normalized spacial score (nSPS) is 17.6. The smallest absolute Gasteiger partial charge is 0.271 e. The van der Waals surface area contributed by atoms with E-state index < -0.39 is 0 Å². The van der Waals surface area contributed by atoms with Crippen LogP contribution in [-0.4, -0.2) is 49.1 Å². The lowest BCUT2D eigenvalue weighted by Gasteiger charge is -2.15. The van der Waals surface area contributed by atoms with Crippen LogP contribution in [-0.2, 0) is 0 Å². The van der Waals surface area contributed by atoms with Crippen LogP contribution in [0, 0.1) is 0 Å². The summed E-state index contributed by atoms with van der Waals surface area (Å²) in [4.78, 5) is 14.4. The van der Waals surface area contributed by atoms with Crippen molar-refractivity contribution in [3.8, 4) is 11.3 Å². The Balaban J connectivity index is 1.49. The molecule has 1 aromatic carbocycles. The van der Waals surface area contributed by atoms with Gasteiger partial charge in [0.15, 0.2) is 0 Å². The van der Waals surface area contributed by atoms with Crippen LogP contribution in [0.25, 0.3) is 11.3 Å². The number of carbonyl (C=O) groups excluding carboxylic acids is 1. The average Bonchev–Trinajstić information content (AvgIpc) is 3.35. The standard InChI is InChI=1S/C16H16N6O/c23-16(21-8-6-13(11-21)22-9-7-17-20-22)15-10-14(18-19-15)12-4-2-1-3-5-12/h1-5,7,9-10,13H,6,8,11H2,(H,18,19). The molecule has 0 saturated carbocycles. The summed E-state index contributed by atoms with van der Waals surface area (Å²) in [6, 6.07) is 11.8. The summed E-state index contributed by atoms with van der Waals surface area (Å²) in [5.74, 6) is -0.0257. The van der Waals surface area contributed by atoms with Gasteiger partial charge >= 0.3 is 0 Å². The van der Waals surface area contributed by atoms with Crippen LogP contribution < -0.4 is 0 Å². The van der Waals surface area contributed by atoms with Crippen molar-refractivity contribution in [1.29, 1.82) is 0 Å². The van der Waals surface area contributed by atoms with Crippen LogP contribution in [0.1, 0.15) is 23.0 Å². The molecule has 0 aliphatic carbocycles. The van der Waals surface area contributed by atoms with Crippen molar-refractivity contribution in [3.63, 3.8) is 0 Å². The number of hydrogen-bond acceptors (Lipinski definition) is 4. The third kappa shape index (κ3) is 2.61. The van der Waals surface area contributed by atoms with E-state index in [2.05, 4.69) is 20.5 Å². The molecule has 0 radical (unpaired) electrons. The lowest BCUT2D eigenvalue weighted by molar-refractivity contribution is 0.0781. The zero-order chi connectivity index (χ0) is 15.6. The van der Waals surface area contributed by atoms with Crippen molar-refractivity contribution in [2.75, 3.05) is 13.1 Å². The predicted molar refractivity (Wildman–Crippen MR) is 83.6 cm³/mol. The number of aromatic nitrogens is 5. The minimum absolute atomic E-state index is 0.0257. The van der Waals surface area contributed by atoms with Crippen LogP contribution in [0.4, 0.5) is 0 Å². The molecule has 1 unspecified atom stereocenters. The van der Waals surface area contributed by atoms with Gasteiger partial charge in [-0.2, -0.15) is 5.10 Å². The Morgan fingerprint density at radius 2 is 2.13 bits per heavy atom. The van der Waals surface area contributed by atoms with Crippen molar-refractivity contribution >= 4 is 5.91 Å². The minimum Gasteiger partial charge on any atom is -0.335 e. The Kier molecular flexibility index (Phi) is 3.38. The van der Waals surface area contributed by atoms with Crippen LogP contribution in [0.2, 0.25) is 0 Å². The first-order valence-corrected chi connectivity index (χ1v) is 7.57. The van der Waals surface area contributed by atoms with E-state index in [1.165, 1.54) is 0 Å². The van der Waals surface area contributed by atoms with Crippen molar-refractivity contribution in [2.24, 2.45) is 0 Å². The molecule has 7 nitrogen and oxygen atoms in total. The third-order valence-electron chi connectivity index (χ3n) is 4.14. The van der Waals surface area contributed by atoms with E-state index in [0.29, 0.717) is 18.8 Å². The highest BCUT2D eigenvalue weighted by atomic mass is 16.2. The maximum absolute atomic E-state index is 12.6. The largest absolute Gasteiger partial charge is 0.335 e. The van der Waals surface area contributed by atoms with Crippen LogP contribution >= 0.6 is 0 Å². The number of likely N-dealkylation sites (tertiary alicyclic amines) is 1. The molecule has 4 rings (SSSR count). The number of H-pyrrole nitrogens is 1. The van der Waals surface area contributed by atoms with Gasteiger partial charge in [0.1, 0.15) is 5.69 Å². The summed E-state index contributed by atoms with van der Waals surface area (Å²) in [5.41, 5.74) is 2.29. The number of rotatable bonds is 3. The Hall–Kier alpha value is -2.96. The number of hydrogen-bond donors (Lipinski definition) is 1. The zero-order valence-corrected chi connectivity index (χ0v) is 12.5. The van der Waals surface area contributed by atoms with Crippen molar-refractivity contribution < 1.29 is 4.79 Å².